The van der Waals surface area contributed by atoms with E-state index in [1.54, 1.807) is 11.7 Å². The second kappa shape index (κ2) is 6.98. The van der Waals surface area contributed by atoms with E-state index in [1.165, 1.54) is 16.7 Å². The largest absolute Gasteiger partial charge is 0.338 e. The molecule has 1 saturated heterocycles. The lowest BCUT2D eigenvalue weighted by Gasteiger charge is -2.27. The summed E-state index contributed by atoms with van der Waals surface area (Å²) in [4.78, 5) is 14.6. The zero-order valence-electron chi connectivity index (χ0n) is 14.5. The van der Waals surface area contributed by atoms with Crippen molar-refractivity contribution in [1.82, 2.24) is 30.4 Å². The summed E-state index contributed by atoms with van der Waals surface area (Å²) >= 11 is 0. The topological polar surface area (TPSA) is 75.9 Å². The number of carbonyl (C=O) groups excluding carboxylic acids is 1. The van der Waals surface area contributed by atoms with Crippen LogP contribution in [0.2, 0.25) is 0 Å². The minimum atomic E-state index is -0.00599. The molecule has 1 N–H and O–H groups in total. The number of likely N-dealkylation sites (tertiary alicyclic amines) is 1. The second-order valence-electron chi connectivity index (χ2n) is 6.34. The first-order chi connectivity index (χ1) is 11.6. The zero-order valence-corrected chi connectivity index (χ0v) is 14.5. The van der Waals surface area contributed by atoms with E-state index in [1.807, 2.05) is 4.90 Å². The molecule has 1 atom stereocenters. The van der Waals surface area contributed by atoms with Crippen LogP contribution < -0.4 is 5.32 Å². The van der Waals surface area contributed by atoms with E-state index < -0.39 is 0 Å². The van der Waals surface area contributed by atoms with Gasteiger partial charge in [-0.3, -0.25) is 0 Å². The highest BCUT2D eigenvalue weighted by Crippen LogP contribution is 2.34. The summed E-state index contributed by atoms with van der Waals surface area (Å²) in [5.74, 6) is 0.766. The van der Waals surface area contributed by atoms with Gasteiger partial charge in [-0.1, -0.05) is 18.2 Å². The van der Waals surface area contributed by atoms with Crippen LogP contribution in [-0.2, 0) is 13.5 Å². The first kappa shape index (κ1) is 16.4. The predicted molar refractivity (Wildman–Crippen MR) is 90.5 cm³/mol. The average molecular weight is 328 g/mol. The summed E-state index contributed by atoms with van der Waals surface area (Å²) in [7, 11) is 1.80. The van der Waals surface area contributed by atoms with Gasteiger partial charge < -0.3 is 10.2 Å². The van der Waals surface area contributed by atoms with Gasteiger partial charge in [0.2, 0.25) is 0 Å². The highest BCUT2D eigenvalue weighted by atomic mass is 16.2. The SMILES string of the molecule is Cc1cccc(C2CCCN2C(=O)NCCc2nnnn2C)c1C. The molecule has 1 aromatic carbocycles. The second-order valence-corrected chi connectivity index (χ2v) is 6.34. The van der Waals surface area contributed by atoms with Gasteiger partial charge in [0.15, 0.2) is 5.82 Å². The highest BCUT2D eigenvalue weighted by molar-refractivity contribution is 5.75. The summed E-state index contributed by atoms with van der Waals surface area (Å²) in [5, 5.41) is 14.3. The van der Waals surface area contributed by atoms with Gasteiger partial charge in [-0.25, -0.2) is 9.48 Å². The Morgan fingerprint density at radius 1 is 1.38 bits per heavy atom. The van der Waals surface area contributed by atoms with Crippen molar-refractivity contribution in [2.24, 2.45) is 7.05 Å². The molecule has 7 heteroatoms. The van der Waals surface area contributed by atoms with Gasteiger partial charge in [-0.2, -0.15) is 0 Å². The third-order valence-electron chi connectivity index (χ3n) is 4.85. The fourth-order valence-electron chi connectivity index (χ4n) is 3.31. The van der Waals surface area contributed by atoms with Crippen molar-refractivity contribution in [3.63, 3.8) is 0 Å². The molecule has 2 heterocycles. The van der Waals surface area contributed by atoms with E-state index in [0.717, 1.165) is 25.2 Å². The maximum atomic E-state index is 12.6. The number of tetrazole rings is 1. The molecular weight excluding hydrogens is 304 g/mol. The maximum absolute atomic E-state index is 12.6. The molecule has 24 heavy (non-hydrogen) atoms. The minimum absolute atomic E-state index is 0.00599. The van der Waals surface area contributed by atoms with E-state index >= 15 is 0 Å². The van der Waals surface area contributed by atoms with Gasteiger partial charge in [-0.05, 0) is 53.8 Å². The number of nitrogens with zero attached hydrogens (tertiary/aromatic N) is 5. The van der Waals surface area contributed by atoms with Crippen molar-refractivity contribution in [3.8, 4) is 0 Å². The molecule has 2 amide bonds. The van der Waals surface area contributed by atoms with Gasteiger partial charge in [0.1, 0.15) is 0 Å². The number of amides is 2. The van der Waals surface area contributed by atoms with Crippen LogP contribution in [0.4, 0.5) is 4.79 Å². The molecule has 0 saturated carbocycles. The monoisotopic (exact) mass is 328 g/mol. The van der Waals surface area contributed by atoms with E-state index in [0.29, 0.717) is 13.0 Å². The Hall–Kier alpha value is -2.44. The minimum Gasteiger partial charge on any atom is -0.338 e. The summed E-state index contributed by atoms with van der Waals surface area (Å²) in [6.45, 7) is 5.59. The van der Waals surface area contributed by atoms with Crippen LogP contribution in [0.15, 0.2) is 18.2 Å². The van der Waals surface area contributed by atoms with Crippen molar-refractivity contribution in [2.45, 2.75) is 39.2 Å². The van der Waals surface area contributed by atoms with Crippen molar-refractivity contribution >= 4 is 6.03 Å². The number of urea groups is 1. The third-order valence-corrected chi connectivity index (χ3v) is 4.85. The van der Waals surface area contributed by atoms with E-state index in [2.05, 4.69) is 52.9 Å². The Bertz CT molecular complexity index is 726. The van der Waals surface area contributed by atoms with Crippen LogP contribution in [0.3, 0.4) is 0 Å². The Labute approximate surface area is 142 Å². The molecule has 1 aliphatic rings. The summed E-state index contributed by atoms with van der Waals surface area (Å²) in [6, 6.07) is 6.50. The first-order valence-electron chi connectivity index (χ1n) is 8.39. The summed E-state index contributed by atoms with van der Waals surface area (Å²) < 4.78 is 1.63. The smallest absolute Gasteiger partial charge is 0.317 e. The fourth-order valence-corrected chi connectivity index (χ4v) is 3.31. The standard InChI is InChI=1S/C17H24N6O/c1-12-6-4-7-14(13(12)2)15-8-5-11-23(15)17(24)18-10-9-16-19-20-21-22(16)3/h4,6-7,15H,5,8-11H2,1-3H3,(H,18,24). The normalized spacial score (nSPS) is 17.3. The van der Waals surface area contributed by atoms with Crippen LogP contribution in [-0.4, -0.2) is 44.2 Å². The first-order valence-corrected chi connectivity index (χ1v) is 8.39. The van der Waals surface area contributed by atoms with Gasteiger partial charge in [0, 0.05) is 26.6 Å². The third kappa shape index (κ3) is 3.25. The van der Waals surface area contributed by atoms with E-state index in [9.17, 15) is 4.79 Å². The number of benzene rings is 1. The molecule has 0 aliphatic carbocycles. The Morgan fingerprint density at radius 3 is 2.96 bits per heavy atom. The quantitative estimate of drug-likeness (QED) is 0.930. The van der Waals surface area contributed by atoms with Gasteiger partial charge in [-0.15, -0.1) is 5.10 Å². The Balaban J connectivity index is 1.63. The maximum Gasteiger partial charge on any atom is 0.317 e. The van der Waals surface area contributed by atoms with E-state index in [-0.39, 0.29) is 12.1 Å². The average Bonchev–Trinajstić information content (AvgIpc) is 3.19. The molecule has 128 valence electrons. The molecule has 2 aromatic rings. The Morgan fingerprint density at radius 2 is 2.21 bits per heavy atom. The lowest BCUT2D eigenvalue weighted by molar-refractivity contribution is 0.193. The zero-order chi connectivity index (χ0) is 17.1. The predicted octanol–water partition coefficient (Wildman–Crippen LogP) is 1.92. The molecule has 1 aromatic heterocycles. The van der Waals surface area contributed by atoms with Crippen LogP contribution in [0, 0.1) is 13.8 Å². The molecule has 1 aliphatic heterocycles. The molecule has 0 spiro atoms. The molecule has 7 nitrogen and oxygen atoms in total. The van der Waals surface area contributed by atoms with Gasteiger partial charge >= 0.3 is 6.03 Å². The van der Waals surface area contributed by atoms with Crippen LogP contribution in [0.25, 0.3) is 0 Å². The number of rotatable bonds is 4. The molecule has 1 fully saturated rings. The number of aromatic nitrogens is 4. The van der Waals surface area contributed by atoms with Crippen LogP contribution >= 0.6 is 0 Å². The van der Waals surface area contributed by atoms with Crippen molar-refractivity contribution in [1.29, 1.82) is 0 Å². The number of aryl methyl sites for hydroxylation is 2. The van der Waals surface area contributed by atoms with Crippen molar-refractivity contribution in [2.75, 3.05) is 13.1 Å². The Kier molecular flexibility index (Phi) is 4.78. The number of hydrogen-bond donors (Lipinski definition) is 1. The molecular formula is C17H24N6O. The lowest BCUT2D eigenvalue weighted by atomic mass is 9.96. The van der Waals surface area contributed by atoms with E-state index in [4.69, 9.17) is 0 Å². The highest BCUT2D eigenvalue weighted by Gasteiger charge is 2.30. The fraction of sp³-hybridized carbons (Fsp3) is 0.529. The molecule has 0 radical (unpaired) electrons. The van der Waals surface area contributed by atoms with Crippen molar-refractivity contribution in [3.05, 3.63) is 40.7 Å². The van der Waals surface area contributed by atoms with Gasteiger partial charge in [0.05, 0.1) is 6.04 Å². The summed E-state index contributed by atoms with van der Waals surface area (Å²) in [5.41, 5.74) is 3.82. The molecule has 0 bridgehead atoms. The van der Waals surface area contributed by atoms with Crippen LogP contribution in [0.1, 0.15) is 41.4 Å². The van der Waals surface area contributed by atoms with Crippen molar-refractivity contribution < 1.29 is 4.79 Å². The molecule has 1 unspecified atom stereocenters. The summed E-state index contributed by atoms with van der Waals surface area (Å²) in [6.07, 6.45) is 2.68. The van der Waals surface area contributed by atoms with Crippen LogP contribution in [0.5, 0.6) is 0 Å². The lowest BCUT2D eigenvalue weighted by Crippen LogP contribution is -2.40. The molecule has 3 rings (SSSR count). The number of carbonyl (C=O) groups is 1. The number of nitrogens with one attached hydrogen (secondary N) is 1. The number of hydrogen-bond acceptors (Lipinski definition) is 4. The van der Waals surface area contributed by atoms with Gasteiger partial charge in [0.25, 0.3) is 0 Å².